The second kappa shape index (κ2) is 13.9. The summed E-state index contributed by atoms with van der Waals surface area (Å²) in [7, 11) is 1.69. The van der Waals surface area contributed by atoms with Gasteiger partial charge in [0.1, 0.15) is 5.54 Å². The summed E-state index contributed by atoms with van der Waals surface area (Å²) in [5.41, 5.74) is 1.01. The molecule has 2 aromatic rings. The summed E-state index contributed by atoms with van der Waals surface area (Å²) in [4.78, 5) is 29.4. The fourth-order valence-electron chi connectivity index (χ4n) is 6.29. The molecule has 220 valence electrons. The Kier molecular flexibility index (Phi) is 10.6. The van der Waals surface area contributed by atoms with Crippen molar-refractivity contribution in [2.75, 3.05) is 26.7 Å². The van der Waals surface area contributed by atoms with E-state index in [9.17, 15) is 9.59 Å². The average Bonchev–Trinajstić information content (AvgIpc) is 2.98. The molecule has 0 bridgehead atoms. The van der Waals surface area contributed by atoms with Crippen molar-refractivity contribution < 1.29 is 14.3 Å². The maximum atomic E-state index is 14.1. The van der Waals surface area contributed by atoms with E-state index < -0.39 is 17.2 Å². The number of likely N-dealkylation sites (tertiary alicyclic amines) is 1. The van der Waals surface area contributed by atoms with E-state index in [-0.39, 0.29) is 18.4 Å². The summed E-state index contributed by atoms with van der Waals surface area (Å²) in [6, 6.07) is 15.8. The van der Waals surface area contributed by atoms with Gasteiger partial charge in [0.25, 0.3) is 0 Å². The van der Waals surface area contributed by atoms with Crippen LogP contribution in [0.15, 0.2) is 72.3 Å². The predicted molar refractivity (Wildman–Crippen MR) is 167 cm³/mol. The Bertz CT molecular complexity index is 1280. The van der Waals surface area contributed by atoms with Gasteiger partial charge in [-0.2, -0.15) is 0 Å². The summed E-state index contributed by atoms with van der Waals surface area (Å²) in [5, 5.41) is 7.09. The van der Waals surface area contributed by atoms with Gasteiger partial charge in [0, 0.05) is 19.4 Å². The molecule has 0 radical (unpaired) electrons. The van der Waals surface area contributed by atoms with Gasteiger partial charge in [-0.15, -0.1) is 0 Å². The first-order valence-corrected chi connectivity index (χ1v) is 15.4. The van der Waals surface area contributed by atoms with Gasteiger partial charge in [-0.1, -0.05) is 97.6 Å². The zero-order valence-electron chi connectivity index (χ0n) is 24.2. The molecule has 0 aromatic heterocycles. The van der Waals surface area contributed by atoms with Gasteiger partial charge in [0.15, 0.2) is 0 Å². The van der Waals surface area contributed by atoms with E-state index >= 15 is 0 Å². The molecule has 1 aliphatic heterocycles. The van der Waals surface area contributed by atoms with Gasteiger partial charge in [-0.25, -0.2) is 4.79 Å². The van der Waals surface area contributed by atoms with E-state index in [0.717, 1.165) is 61.9 Å². The Hall–Kier alpha value is -2.80. The number of alkyl carbamates (subject to hydrolysis) is 1. The van der Waals surface area contributed by atoms with E-state index in [0.29, 0.717) is 16.5 Å². The topological polar surface area (TPSA) is 70.7 Å². The number of nitrogens with zero attached hydrogens (tertiary/aromatic N) is 1. The maximum absolute atomic E-state index is 14.1. The third-order valence-electron chi connectivity index (χ3n) is 8.15. The molecule has 3 unspecified atom stereocenters. The standard InChI is InChI=1S/C33H41Cl2N3O3/c1-4-12-26(25-15-16-28(34)29(35)21-25)27-23-32(37-31(40)41-5-2,22-24-13-8-6-9-14-24)17-18-33(27,30(39)36-3)38-19-10-7-11-20-38/h6,8-9,13-18,21,23,26H,4-5,7,10-12,19-20,22H2,1-3H3,(H,36,39)(H,37,40). The van der Waals surface area contributed by atoms with Crippen molar-refractivity contribution in [1.29, 1.82) is 0 Å². The number of halogens is 2. The molecule has 1 fully saturated rings. The Morgan fingerprint density at radius 2 is 1.73 bits per heavy atom. The Labute approximate surface area is 254 Å². The fraction of sp³-hybridized carbons (Fsp3) is 0.455. The molecule has 1 heterocycles. The van der Waals surface area contributed by atoms with Crippen molar-refractivity contribution in [1.82, 2.24) is 15.5 Å². The third-order valence-corrected chi connectivity index (χ3v) is 8.89. The zero-order chi connectivity index (χ0) is 29.5. The second-order valence-corrected chi connectivity index (χ2v) is 11.7. The molecule has 3 atom stereocenters. The van der Waals surface area contributed by atoms with Gasteiger partial charge >= 0.3 is 6.09 Å². The lowest BCUT2D eigenvalue weighted by atomic mass is 9.67. The molecule has 6 nitrogen and oxygen atoms in total. The fourth-order valence-corrected chi connectivity index (χ4v) is 6.59. The van der Waals surface area contributed by atoms with E-state index in [1.807, 2.05) is 60.7 Å². The first kappa shape index (κ1) is 31.1. The molecule has 41 heavy (non-hydrogen) atoms. The van der Waals surface area contributed by atoms with Crippen LogP contribution in [-0.2, 0) is 16.0 Å². The van der Waals surface area contributed by atoms with Crippen LogP contribution in [0.2, 0.25) is 10.0 Å². The number of nitrogens with one attached hydrogen (secondary N) is 2. The minimum atomic E-state index is -1.03. The zero-order valence-corrected chi connectivity index (χ0v) is 25.7. The molecule has 2 aromatic carbocycles. The van der Waals surface area contributed by atoms with Crippen LogP contribution < -0.4 is 10.6 Å². The number of rotatable bonds is 10. The number of hydrogen-bond donors (Lipinski definition) is 2. The number of piperidine rings is 1. The van der Waals surface area contributed by atoms with Crippen LogP contribution in [0, 0.1) is 0 Å². The van der Waals surface area contributed by atoms with Crippen molar-refractivity contribution >= 4 is 35.2 Å². The number of amides is 2. The summed E-state index contributed by atoms with van der Waals surface area (Å²) in [6.45, 7) is 5.78. The normalized spacial score (nSPS) is 23.4. The highest BCUT2D eigenvalue weighted by Gasteiger charge is 2.51. The van der Waals surface area contributed by atoms with Crippen LogP contribution >= 0.6 is 23.2 Å². The van der Waals surface area contributed by atoms with Crippen LogP contribution in [0.4, 0.5) is 4.79 Å². The van der Waals surface area contributed by atoms with Gasteiger partial charge < -0.3 is 15.4 Å². The molecular weight excluding hydrogens is 557 g/mol. The number of ether oxygens (including phenoxy) is 1. The molecule has 2 N–H and O–H groups in total. The van der Waals surface area contributed by atoms with Crippen LogP contribution in [0.3, 0.4) is 0 Å². The second-order valence-electron chi connectivity index (χ2n) is 10.9. The van der Waals surface area contributed by atoms with Crippen molar-refractivity contribution in [2.24, 2.45) is 0 Å². The van der Waals surface area contributed by atoms with Crippen molar-refractivity contribution in [3.05, 3.63) is 93.5 Å². The summed E-state index contributed by atoms with van der Waals surface area (Å²) >= 11 is 12.9. The monoisotopic (exact) mass is 597 g/mol. The highest BCUT2D eigenvalue weighted by atomic mass is 35.5. The van der Waals surface area contributed by atoms with Crippen molar-refractivity contribution in [3.8, 4) is 0 Å². The van der Waals surface area contributed by atoms with Crippen molar-refractivity contribution in [3.63, 3.8) is 0 Å². The summed E-state index contributed by atoms with van der Waals surface area (Å²) in [6.07, 6.45) is 10.9. The molecule has 1 saturated heterocycles. The van der Waals surface area contributed by atoms with Gasteiger partial charge in [0.2, 0.25) is 5.91 Å². The Balaban J connectivity index is 1.98. The van der Waals surface area contributed by atoms with Gasteiger partial charge in [0.05, 0.1) is 22.2 Å². The molecular formula is C33H41Cl2N3O3. The lowest BCUT2D eigenvalue weighted by Gasteiger charge is -2.50. The molecule has 4 rings (SSSR count). The minimum Gasteiger partial charge on any atom is -0.450 e. The quantitative estimate of drug-likeness (QED) is 0.287. The Morgan fingerprint density at radius 3 is 2.37 bits per heavy atom. The third kappa shape index (κ3) is 6.82. The summed E-state index contributed by atoms with van der Waals surface area (Å²) < 4.78 is 5.37. The molecule has 0 saturated carbocycles. The Morgan fingerprint density at radius 1 is 1.00 bits per heavy atom. The van der Waals surface area contributed by atoms with E-state index in [4.69, 9.17) is 27.9 Å². The molecule has 2 aliphatic rings. The van der Waals surface area contributed by atoms with Crippen molar-refractivity contribution in [2.45, 2.75) is 69.4 Å². The largest absolute Gasteiger partial charge is 0.450 e. The highest BCUT2D eigenvalue weighted by molar-refractivity contribution is 6.42. The van der Waals surface area contributed by atoms with Gasteiger partial charge in [-0.3, -0.25) is 9.69 Å². The van der Waals surface area contributed by atoms with Gasteiger partial charge in [-0.05, 0) is 68.1 Å². The van der Waals surface area contributed by atoms with Crippen LogP contribution in [-0.4, -0.2) is 54.7 Å². The molecule has 1 aliphatic carbocycles. The first-order chi connectivity index (χ1) is 19.8. The minimum absolute atomic E-state index is 0.0903. The average molecular weight is 599 g/mol. The smallest absolute Gasteiger partial charge is 0.408 e. The summed E-state index contributed by atoms with van der Waals surface area (Å²) in [5.74, 6) is -0.245. The van der Waals surface area contributed by atoms with E-state index in [2.05, 4.69) is 28.5 Å². The number of carbonyl (C=O) groups excluding carboxylic acids is 2. The molecule has 2 amide bonds. The maximum Gasteiger partial charge on any atom is 0.408 e. The molecule has 0 spiro atoms. The number of carbonyl (C=O) groups is 2. The van der Waals surface area contributed by atoms with Crippen LogP contribution in [0.25, 0.3) is 0 Å². The number of benzene rings is 2. The lowest BCUT2D eigenvalue weighted by molar-refractivity contribution is -0.129. The SMILES string of the molecule is CCCC(C1=CC(Cc2ccccc2)(NC(=O)OCC)C=CC1(C(=O)NC)N1CCCCC1)c1ccc(Cl)c(Cl)c1. The molecule has 8 heteroatoms. The van der Waals surface area contributed by atoms with Crippen LogP contribution in [0.1, 0.15) is 63.0 Å². The highest BCUT2D eigenvalue weighted by Crippen LogP contribution is 2.46. The number of hydrogen-bond acceptors (Lipinski definition) is 4. The van der Waals surface area contributed by atoms with E-state index in [1.54, 1.807) is 14.0 Å². The van der Waals surface area contributed by atoms with E-state index in [1.165, 1.54) is 0 Å². The first-order valence-electron chi connectivity index (χ1n) is 14.6. The predicted octanol–water partition coefficient (Wildman–Crippen LogP) is 7.07. The lowest BCUT2D eigenvalue weighted by Crippen LogP contribution is -2.63. The number of likely N-dealkylation sites (N-methyl/N-ethyl adjacent to an activating group) is 1. The van der Waals surface area contributed by atoms with Crippen LogP contribution in [0.5, 0.6) is 0 Å².